The Bertz CT molecular complexity index is 2030. The summed E-state index contributed by atoms with van der Waals surface area (Å²) < 4.78 is 0. The molecule has 0 radical (unpaired) electrons. The second kappa shape index (κ2) is 13.0. The van der Waals surface area contributed by atoms with Gasteiger partial charge in [-0.1, -0.05) is 153 Å². The summed E-state index contributed by atoms with van der Waals surface area (Å²) >= 11 is 0. The summed E-state index contributed by atoms with van der Waals surface area (Å²) in [5.74, 6) is 0.733. The van der Waals surface area contributed by atoms with Crippen LogP contribution in [0.5, 0.6) is 0 Å². The van der Waals surface area contributed by atoms with Crippen LogP contribution in [-0.4, -0.2) is 11.5 Å². The van der Waals surface area contributed by atoms with Gasteiger partial charge in [-0.25, -0.2) is 9.98 Å². The van der Waals surface area contributed by atoms with Gasteiger partial charge in [0.25, 0.3) is 0 Å². The monoisotopic (exact) mass is 578 g/mol. The van der Waals surface area contributed by atoms with Crippen LogP contribution in [0, 0.1) is 0 Å². The quantitative estimate of drug-likeness (QED) is 0.180. The molecule has 1 heterocycles. The Morgan fingerprint density at radius 1 is 0.400 bits per heavy atom. The molecule has 0 fully saturated rings. The molecule has 6 aromatic rings. The number of amidine groups is 1. The fourth-order valence-electron chi connectivity index (χ4n) is 5.97. The summed E-state index contributed by atoms with van der Waals surface area (Å²) in [4.78, 5) is 10.8. The van der Waals surface area contributed by atoms with Gasteiger partial charge < -0.3 is 0 Å². The molecule has 0 saturated heterocycles. The molecule has 0 N–H and O–H groups in total. The van der Waals surface area contributed by atoms with Crippen LogP contribution in [0.2, 0.25) is 0 Å². The van der Waals surface area contributed by atoms with Crippen molar-refractivity contribution in [2.24, 2.45) is 9.98 Å². The van der Waals surface area contributed by atoms with Crippen LogP contribution in [0.25, 0.3) is 39.1 Å². The first-order chi connectivity index (χ1) is 22.2. The molecule has 0 unspecified atom stereocenters. The van der Waals surface area contributed by atoms with E-state index >= 15 is 0 Å². The highest BCUT2D eigenvalue weighted by Crippen LogP contribution is 2.33. The van der Waals surface area contributed by atoms with Crippen LogP contribution in [-0.2, 0) is 0 Å². The number of allylic oxidation sites excluding steroid dienone is 1. The van der Waals surface area contributed by atoms with Gasteiger partial charge in [0, 0.05) is 17.5 Å². The van der Waals surface area contributed by atoms with E-state index in [2.05, 4.69) is 171 Å². The average Bonchev–Trinajstić information content (AvgIpc) is 3.33. The Balaban J connectivity index is 1.39. The molecule has 0 saturated carbocycles. The molecule has 0 aliphatic carbocycles. The smallest absolute Gasteiger partial charge is 0.160 e. The molecule has 7 rings (SSSR count). The normalized spacial score (nSPS) is 13.2. The summed E-state index contributed by atoms with van der Waals surface area (Å²) in [7, 11) is 0. The second-order valence-electron chi connectivity index (χ2n) is 11.3. The average molecular weight is 579 g/mol. The second-order valence-corrected chi connectivity index (χ2v) is 11.3. The first-order valence-electron chi connectivity index (χ1n) is 15.6. The first-order valence-corrected chi connectivity index (χ1v) is 15.6. The first kappa shape index (κ1) is 28.2. The third-order valence-corrected chi connectivity index (χ3v) is 8.38. The third-order valence-electron chi connectivity index (χ3n) is 8.38. The van der Waals surface area contributed by atoms with E-state index in [1.54, 1.807) is 0 Å². The van der Waals surface area contributed by atoms with Crippen molar-refractivity contribution in [3.05, 3.63) is 186 Å². The molecule has 0 amide bonds. The van der Waals surface area contributed by atoms with Gasteiger partial charge in [0.2, 0.25) is 0 Å². The SMILES string of the molecule is CCC1=C(c2cccc(-c3ccccc3)c2)N=C(c2cccc(-c3ccccc3)c2)N=C(c2cccc(-c3ccccc3)c2)C1. The standard InChI is InChI=1S/C43H34N2/c1-2-31-30-41(38-24-12-21-35(27-38)32-15-6-3-7-16-32)44-43(40-26-14-23-37(29-40)34-19-10-5-11-20-34)45-42(31)39-25-13-22-36(28-39)33-17-8-4-9-18-33/h3-29H,2,30H2,1H3. The fourth-order valence-corrected chi connectivity index (χ4v) is 5.97. The van der Waals surface area contributed by atoms with Gasteiger partial charge >= 0.3 is 0 Å². The van der Waals surface area contributed by atoms with Crippen molar-refractivity contribution in [3.8, 4) is 33.4 Å². The van der Waals surface area contributed by atoms with E-state index in [-0.39, 0.29) is 0 Å². The van der Waals surface area contributed by atoms with E-state index < -0.39 is 0 Å². The maximum Gasteiger partial charge on any atom is 0.160 e. The molecule has 0 atom stereocenters. The fraction of sp³-hybridized carbons (Fsp3) is 0.0698. The Morgan fingerprint density at radius 2 is 0.800 bits per heavy atom. The predicted molar refractivity (Wildman–Crippen MR) is 191 cm³/mol. The maximum atomic E-state index is 5.40. The summed E-state index contributed by atoms with van der Waals surface area (Å²) in [5.41, 5.74) is 13.6. The predicted octanol–water partition coefficient (Wildman–Crippen LogP) is 11.1. The molecule has 1 aliphatic rings. The molecule has 45 heavy (non-hydrogen) atoms. The van der Waals surface area contributed by atoms with Gasteiger partial charge in [0.15, 0.2) is 5.84 Å². The molecule has 0 aromatic heterocycles. The van der Waals surface area contributed by atoms with E-state index in [1.807, 2.05) is 0 Å². The molecule has 0 spiro atoms. The van der Waals surface area contributed by atoms with E-state index in [1.165, 1.54) is 33.4 Å². The van der Waals surface area contributed by atoms with Crippen LogP contribution in [0.4, 0.5) is 0 Å². The lowest BCUT2D eigenvalue weighted by Gasteiger charge is -2.12. The lowest BCUT2D eigenvalue weighted by atomic mass is 9.94. The van der Waals surface area contributed by atoms with Crippen molar-refractivity contribution >= 4 is 17.2 Å². The Hall–Kier alpha value is -5.60. The molecular formula is C43H34N2. The third kappa shape index (κ3) is 6.23. The van der Waals surface area contributed by atoms with Crippen molar-refractivity contribution < 1.29 is 0 Å². The highest BCUT2D eigenvalue weighted by Gasteiger charge is 2.20. The summed E-state index contributed by atoms with van der Waals surface area (Å²) in [6, 6.07) is 57.7. The number of rotatable bonds is 7. The van der Waals surface area contributed by atoms with Crippen molar-refractivity contribution in [2.45, 2.75) is 19.8 Å². The van der Waals surface area contributed by atoms with Gasteiger partial charge in [-0.05, 0) is 69.1 Å². The summed E-state index contributed by atoms with van der Waals surface area (Å²) in [6.07, 6.45) is 1.61. The number of nitrogens with zero attached hydrogens (tertiary/aromatic N) is 2. The summed E-state index contributed by atoms with van der Waals surface area (Å²) in [5, 5.41) is 0. The number of hydrogen-bond donors (Lipinski definition) is 0. The molecule has 2 nitrogen and oxygen atoms in total. The minimum absolute atomic E-state index is 0.727. The van der Waals surface area contributed by atoms with Crippen LogP contribution >= 0.6 is 0 Å². The van der Waals surface area contributed by atoms with Crippen molar-refractivity contribution in [3.63, 3.8) is 0 Å². The van der Waals surface area contributed by atoms with Crippen LogP contribution in [0.1, 0.15) is 36.5 Å². The highest BCUT2D eigenvalue weighted by molar-refractivity contribution is 6.16. The zero-order valence-electron chi connectivity index (χ0n) is 25.4. The zero-order chi connectivity index (χ0) is 30.4. The molecule has 0 bridgehead atoms. The van der Waals surface area contributed by atoms with Gasteiger partial charge in [-0.2, -0.15) is 0 Å². The van der Waals surface area contributed by atoms with Crippen LogP contribution < -0.4 is 0 Å². The van der Waals surface area contributed by atoms with Crippen LogP contribution in [0.3, 0.4) is 0 Å². The molecule has 2 heteroatoms. The minimum Gasteiger partial charge on any atom is -0.232 e. The van der Waals surface area contributed by atoms with Crippen molar-refractivity contribution in [1.82, 2.24) is 0 Å². The highest BCUT2D eigenvalue weighted by atomic mass is 14.9. The Kier molecular flexibility index (Phi) is 8.11. The molecule has 216 valence electrons. The van der Waals surface area contributed by atoms with Gasteiger partial charge in [-0.15, -0.1) is 0 Å². The van der Waals surface area contributed by atoms with Gasteiger partial charge in [-0.3, -0.25) is 0 Å². The molecular weight excluding hydrogens is 544 g/mol. The van der Waals surface area contributed by atoms with E-state index in [0.717, 1.165) is 52.3 Å². The molecule has 6 aromatic carbocycles. The van der Waals surface area contributed by atoms with Crippen molar-refractivity contribution in [2.75, 3.05) is 0 Å². The summed E-state index contributed by atoms with van der Waals surface area (Å²) in [6.45, 7) is 2.23. The van der Waals surface area contributed by atoms with Gasteiger partial charge in [0.05, 0.1) is 11.4 Å². The van der Waals surface area contributed by atoms with Crippen molar-refractivity contribution in [1.29, 1.82) is 0 Å². The number of aliphatic imine (C=N–C) groups is 2. The lowest BCUT2D eigenvalue weighted by Crippen LogP contribution is -2.06. The maximum absolute atomic E-state index is 5.40. The Labute approximate surface area is 265 Å². The largest absolute Gasteiger partial charge is 0.232 e. The van der Waals surface area contributed by atoms with E-state index in [0.29, 0.717) is 0 Å². The lowest BCUT2D eigenvalue weighted by molar-refractivity contribution is 1.05. The number of benzene rings is 6. The minimum atomic E-state index is 0.727. The topological polar surface area (TPSA) is 24.7 Å². The van der Waals surface area contributed by atoms with E-state index in [9.17, 15) is 0 Å². The number of hydrogen-bond acceptors (Lipinski definition) is 2. The molecule has 1 aliphatic heterocycles. The van der Waals surface area contributed by atoms with E-state index in [4.69, 9.17) is 9.98 Å². The van der Waals surface area contributed by atoms with Crippen LogP contribution in [0.15, 0.2) is 179 Å². The van der Waals surface area contributed by atoms with Gasteiger partial charge in [0.1, 0.15) is 0 Å². The Morgan fingerprint density at radius 3 is 1.31 bits per heavy atom. The zero-order valence-corrected chi connectivity index (χ0v) is 25.4.